The molecular weight excluding hydrogens is 554 g/mol. The van der Waals surface area contributed by atoms with Crippen LogP contribution in [0.1, 0.15) is 18.1 Å². The molecule has 1 heterocycles. The summed E-state index contributed by atoms with van der Waals surface area (Å²) in [6.45, 7) is 1.90. The molecule has 0 radical (unpaired) electrons. The number of pyridine rings is 1. The van der Waals surface area contributed by atoms with E-state index in [1.165, 1.54) is 11.9 Å². The van der Waals surface area contributed by atoms with Crippen LogP contribution in [0.25, 0.3) is 11.3 Å². The predicted octanol–water partition coefficient (Wildman–Crippen LogP) is 6.95. The van der Waals surface area contributed by atoms with Crippen LogP contribution in [0.2, 0.25) is 0 Å². The van der Waals surface area contributed by atoms with E-state index in [0.29, 0.717) is 17.2 Å². The second-order valence-electron chi connectivity index (χ2n) is 10.3. The van der Waals surface area contributed by atoms with Gasteiger partial charge in [0.1, 0.15) is 29.8 Å². The van der Waals surface area contributed by atoms with Gasteiger partial charge < -0.3 is 19.4 Å². The fraction of sp³-hybridized carbons (Fsp3) is 0.139. The summed E-state index contributed by atoms with van der Waals surface area (Å²) in [5, 5.41) is 2.72. The van der Waals surface area contributed by atoms with Crippen LogP contribution in [0.4, 0.5) is 10.5 Å². The highest BCUT2D eigenvalue weighted by Crippen LogP contribution is 2.24. The Hall–Kier alpha value is -5.63. The molecule has 1 atom stereocenters. The summed E-state index contributed by atoms with van der Waals surface area (Å²) in [6.07, 6.45) is -0.647. The van der Waals surface area contributed by atoms with Crippen molar-refractivity contribution in [1.82, 2.24) is 9.47 Å². The van der Waals surface area contributed by atoms with Crippen molar-refractivity contribution in [2.45, 2.75) is 26.1 Å². The van der Waals surface area contributed by atoms with E-state index in [-0.39, 0.29) is 24.4 Å². The number of benzene rings is 4. The monoisotopic (exact) mass is 587 g/mol. The van der Waals surface area contributed by atoms with Crippen LogP contribution >= 0.6 is 0 Å². The lowest BCUT2D eigenvalue weighted by Gasteiger charge is -2.24. The van der Waals surface area contributed by atoms with Gasteiger partial charge in [0.25, 0.3) is 5.56 Å². The summed E-state index contributed by atoms with van der Waals surface area (Å²) in [5.41, 5.74) is 2.95. The number of carbonyl (C=O) groups excluding carboxylic acids is 2. The number of ether oxygens (including phenoxy) is 2. The molecule has 8 nitrogen and oxygen atoms in total. The summed E-state index contributed by atoms with van der Waals surface area (Å²) in [7, 11) is 1.48. The first-order valence-electron chi connectivity index (χ1n) is 14.2. The Labute approximate surface area is 256 Å². The predicted molar refractivity (Wildman–Crippen MR) is 171 cm³/mol. The van der Waals surface area contributed by atoms with Gasteiger partial charge in [-0.2, -0.15) is 0 Å². The number of nitrogens with one attached hydrogen (secondary N) is 1. The third-order valence-electron chi connectivity index (χ3n) is 7.17. The van der Waals surface area contributed by atoms with E-state index in [1.807, 2.05) is 115 Å². The third-order valence-corrected chi connectivity index (χ3v) is 7.17. The Bertz CT molecular complexity index is 1770. The molecule has 0 saturated heterocycles. The fourth-order valence-electron chi connectivity index (χ4n) is 4.60. The second kappa shape index (κ2) is 14.0. The van der Waals surface area contributed by atoms with Crippen molar-refractivity contribution in [3.05, 3.63) is 149 Å². The van der Waals surface area contributed by atoms with E-state index in [2.05, 4.69) is 5.32 Å². The van der Waals surface area contributed by atoms with E-state index in [1.54, 1.807) is 23.6 Å². The van der Waals surface area contributed by atoms with E-state index >= 15 is 0 Å². The number of carbonyl (C=O) groups is 2. The topological polar surface area (TPSA) is 89.9 Å². The third kappa shape index (κ3) is 7.41. The summed E-state index contributed by atoms with van der Waals surface area (Å²) >= 11 is 0. The zero-order valence-corrected chi connectivity index (χ0v) is 24.6. The van der Waals surface area contributed by atoms with E-state index in [0.717, 1.165) is 16.7 Å². The number of hydrogen-bond donors (Lipinski definition) is 1. The quantitative estimate of drug-likeness (QED) is 0.191. The fourth-order valence-corrected chi connectivity index (χ4v) is 4.60. The molecule has 1 aromatic heterocycles. The first-order chi connectivity index (χ1) is 21.4. The standard InChI is InChI=1S/C36H33N3O5/c1-26(38(2)36(42)43-25-27-13-6-3-7-14-27)34(40)37-32-21-22-33(29-16-8-4-9-17-29)39(35(32)41)24-28-15-12-20-31(23-28)44-30-18-10-5-11-19-30/h3-23,26H,24-25H2,1-2H3,(H,37,40). The van der Waals surface area contributed by atoms with Crippen molar-refractivity contribution < 1.29 is 19.1 Å². The molecule has 5 rings (SSSR count). The molecule has 5 aromatic rings. The lowest BCUT2D eigenvalue weighted by Crippen LogP contribution is -2.44. The number of rotatable bonds is 10. The number of anilines is 1. The molecule has 222 valence electrons. The largest absolute Gasteiger partial charge is 0.457 e. The average molecular weight is 588 g/mol. The molecule has 0 spiro atoms. The number of amides is 2. The van der Waals surface area contributed by atoms with E-state index in [9.17, 15) is 14.4 Å². The van der Waals surface area contributed by atoms with Crippen LogP contribution in [-0.2, 0) is 22.7 Å². The highest BCUT2D eigenvalue weighted by Gasteiger charge is 2.25. The first kappa shape index (κ1) is 29.8. The van der Waals surface area contributed by atoms with Crippen LogP contribution in [-0.4, -0.2) is 34.6 Å². The first-order valence-corrected chi connectivity index (χ1v) is 14.2. The number of hydrogen-bond acceptors (Lipinski definition) is 5. The van der Waals surface area contributed by atoms with Crippen LogP contribution in [0.3, 0.4) is 0 Å². The molecule has 2 amide bonds. The molecule has 0 aliphatic carbocycles. The summed E-state index contributed by atoms with van der Waals surface area (Å²) in [6, 6.07) is 38.4. The summed E-state index contributed by atoms with van der Waals surface area (Å²) in [5.74, 6) is 0.835. The second-order valence-corrected chi connectivity index (χ2v) is 10.3. The highest BCUT2D eigenvalue weighted by atomic mass is 16.6. The normalized spacial score (nSPS) is 11.3. The lowest BCUT2D eigenvalue weighted by molar-refractivity contribution is -0.120. The Balaban J connectivity index is 1.36. The summed E-state index contributed by atoms with van der Waals surface area (Å²) < 4.78 is 13.0. The maximum Gasteiger partial charge on any atom is 0.410 e. The lowest BCUT2D eigenvalue weighted by atomic mass is 10.1. The molecule has 0 saturated carbocycles. The van der Waals surface area contributed by atoms with E-state index < -0.39 is 18.0 Å². The van der Waals surface area contributed by atoms with Gasteiger partial charge in [0.2, 0.25) is 5.91 Å². The number of likely N-dealkylation sites (N-methyl/N-ethyl adjacent to an activating group) is 1. The number of aromatic nitrogens is 1. The van der Waals surface area contributed by atoms with Gasteiger partial charge in [0, 0.05) is 7.05 Å². The van der Waals surface area contributed by atoms with Crippen molar-refractivity contribution in [2.75, 3.05) is 12.4 Å². The molecule has 1 N–H and O–H groups in total. The Morgan fingerprint density at radius 1 is 0.773 bits per heavy atom. The maximum atomic E-state index is 13.9. The van der Waals surface area contributed by atoms with Crippen molar-refractivity contribution in [1.29, 1.82) is 0 Å². The average Bonchev–Trinajstić information content (AvgIpc) is 3.06. The molecule has 0 bridgehead atoms. The molecule has 0 aliphatic rings. The SMILES string of the molecule is CC(C(=O)Nc1ccc(-c2ccccc2)n(Cc2cccc(Oc3ccccc3)c2)c1=O)N(C)C(=O)OCc1ccccc1. The highest BCUT2D eigenvalue weighted by molar-refractivity contribution is 5.96. The minimum Gasteiger partial charge on any atom is -0.457 e. The molecule has 8 heteroatoms. The van der Waals surface area contributed by atoms with Gasteiger partial charge >= 0.3 is 6.09 Å². The number of para-hydroxylation sites is 1. The van der Waals surface area contributed by atoms with E-state index in [4.69, 9.17) is 9.47 Å². The molecule has 1 unspecified atom stereocenters. The maximum absolute atomic E-state index is 13.9. The van der Waals surface area contributed by atoms with Crippen molar-refractivity contribution in [2.24, 2.45) is 0 Å². The van der Waals surface area contributed by atoms with Crippen LogP contribution in [0.15, 0.2) is 132 Å². The van der Waals surface area contributed by atoms with Crippen LogP contribution < -0.4 is 15.6 Å². The van der Waals surface area contributed by atoms with Gasteiger partial charge in [-0.1, -0.05) is 91.0 Å². The Morgan fingerprint density at radius 2 is 1.39 bits per heavy atom. The van der Waals surface area contributed by atoms with Crippen molar-refractivity contribution >= 4 is 17.7 Å². The van der Waals surface area contributed by atoms with Gasteiger partial charge in [-0.05, 0) is 60.0 Å². The van der Waals surface area contributed by atoms with Gasteiger partial charge in [0.15, 0.2) is 0 Å². The molecule has 44 heavy (non-hydrogen) atoms. The zero-order valence-electron chi connectivity index (χ0n) is 24.6. The van der Waals surface area contributed by atoms with Crippen molar-refractivity contribution in [3.8, 4) is 22.8 Å². The Morgan fingerprint density at radius 3 is 2.09 bits per heavy atom. The van der Waals surface area contributed by atoms with Gasteiger partial charge in [-0.15, -0.1) is 0 Å². The molecule has 4 aromatic carbocycles. The Kier molecular flexibility index (Phi) is 9.51. The van der Waals surface area contributed by atoms with Gasteiger partial charge in [-0.3, -0.25) is 14.5 Å². The summed E-state index contributed by atoms with van der Waals surface area (Å²) in [4.78, 5) is 40.9. The van der Waals surface area contributed by atoms with Crippen molar-refractivity contribution in [3.63, 3.8) is 0 Å². The number of nitrogens with zero attached hydrogens (tertiary/aromatic N) is 2. The molecular formula is C36H33N3O5. The van der Waals surface area contributed by atoms with Crippen LogP contribution in [0.5, 0.6) is 11.5 Å². The smallest absolute Gasteiger partial charge is 0.410 e. The zero-order chi connectivity index (χ0) is 30.9. The minimum atomic E-state index is -0.897. The van der Waals surface area contributed by atoms with Gasteiger partial charge in [0.05, 0.1) is 12.2 Å². The molecule has 0 aliphatic heterocycles. The molecule has 0 fully saturated rings. The van der Waals surface area contributed by atoms with Gasteiger partial charge in [-0.25, -0.2) is 4.79 Å². The minimum absolute atomic E-state index is 0.0849. The van der Waals surface area contributed by atoms with Crippen LogP contribution in [0, 0.1) is 0 Å².